The van der Waals surface area contributed by atoms with Gasteiger partial charge in [-0.05, 0) is 40.5 Å². The van der Waals surface area contributed by atoms with E-state index in [0.717, 1.165) is 12.8 Å². The fraction of sp³-hybridized carbons (Fsp3) is 0.786. The zero-order valence-corrected chi connectivity index (χ0v) is 14.2. The molecule has 0 N–H and O–H groups in total. The number of nitrogens with zero attached hydrogens (tertiary/aromatic N) is 3. The lowest BCUT2D eigenvalue weighted by atomic mass is 10.2. The van der Waals surface area contributed by atoms with E-state index >= 15 is 0 Å². The van der Waals surface area contributed by atoms with Crippen LogP contribution in [0, 0.1) is 6.92 Å². The van der Waals surface area contributed by atoms with E-state index in [4.69, 9.17) is 0 Å². The van der Waals surface area contributed by atoms with Crippen molar-refractivity contribution in [2.45, 2.75) is 77.9 Å². The predicted molar refractivity (Wildman–Crippen MR) is 81.2 cm³/mol. The van der Waals surface area contributed by atoms with Crippen LogP contribution in [0.15, 0.2) is 11.1 Å². The summed E-state index contributed by atoms with van der Waals surface area (Å²) < 4.78 is 29.2. The van der Waals surface area contributed by atoms with Crippen LogP contribution in [0.1, 0.15) is 53.2 Å². The van der Waals surface area contributed by atoms with E-state index in [1.807, 2.05) is 34.6 Å². The summed E-state index contributed by atoms with van der Waals surface area (Å²) in [5.41, 5.74) is 0.573. The van der Waals surface area contributed by atoms with Gasteiger partial charge in [0.05, 0.1) is 5.69 Å². The molecule has 2 unspecified atom stereocenters. The number of rotatable bonds is 7. The van der Waals surface area contributed by atoms with Crippen molar-refractivity contribution < 1.29 is 8.42 Å². The molecule has 0 bridgehead atoms. The monoisotopic (exact) mass is 301 g/mol. The maximum absolute atomic E-state index is 13.0. The van der Waals surface area contributed by atoms with Crippen LogP contribution >= 0.6 is 0 Å². The van der Waals surface area contributed by atoms with E-state index < -0.39 is 10.0 Å². The number of hydrogen-bond donors (Lipinski definition) is 0. The van der Waals surface area contributed by atoms with Crippen molar-refractivity contribution in [1.29, 1.82) is 0 Å². The van der Waals surface area contributed by atoms with Crippen molar-refractivity contribution in [2.75, 3.05) is 0 Å². The summed E-state index contributed by atoms with van der Waals surface area (Å²) in [6.45, 7) is 12.3. The van der Waals surface area contributed by atoms with Crippen molar-refractivity contribution in [2.24, 2.45) is 0 Å². The summed E-state index contributed by atoms with van der Waals surface area (Å²) in [5.74, 6) is 0. The minimum Gasteiger partial charge on any atom is -0.271 e. The summed E-state index contributed by atoms with van der Waals surface area (Å²) in [6, 6.07) is -0.0290. The van der Waals surface area contributed by atoms with E-state index in [9.17, 15) is 8.42 Å². The molecule has 2 atom stereocenters. The van der Waals surface area contributed by atoms with E-state index in [1.165, 1.54) is 0 Å². The Morgan fingerprint density at radius 3 is 2.05 bits per heavy atom. The van der Waals surface area contributed by atoms with Gasteiger partial charge in [0.2, 0.25) is 10.0 Å². The molecule has 0 saturated carbocycles. The molecule has 0 aromatic carbocycles. The van der Waals surface area contributed by atoms with Crippen molar-refractivity contribution in [3.05, 3.63) is 11.9 Å². The van der Waals surface area contributed by atoms with Crippen LogP contribution in [-0.4, -0.2) is 34.6 Å². The lowest BCUT2D eigenvalue weighted by Crippen LogP contribution is -2.44. The summed E-state index contributed by atoms with van der Waals surface area (Å²) in [6.07, 6.45) is 3.23. The highest BCUT2D eigenvalue weighted by molar-refractivity contribution is 7.89. The van der Waals surface area contributed by atoms with Gasteiger partial charge < -0.3 is 0 Å². The molecule has 0 amide bonds. The van der Waals surface area contributed by atoms with Crippen molar-refractivity contribution in [1.82, 2.24) is 14.1 Å². The normalized spacial score (nSPS) is 15.6. The first-order valence-corrected chi connectivity index (χ1v) is 8.81. The first-order chi connectivity index (χ1) is 9.29. The topological polar surface area (TPSA) is 55.2 Å². The fourth-order valence-corrected chi connectivity index (χ4v) is 4.44. The Bertz CT molecular complexity index is 527. The van der Waals surface area contributed by atoms with Gasteiger partial charge in [0, 0.05) is 24.8 Å². The lowest BCUT2D eigenvalue weighted by Gasteiger charge is -2.32. The maximum atomic E-state index is 13.0. The molecule has 1 aromatic rings. The van der Waals surface area contributed by atoms with Gasteiger partial charge in [0.25, 0.3) is 0 Å². The van der Waals surface area contributed by atoms with Crippen molar-refractivity contribution in [3.8, 4) is 0 Å². The summed E-state index contributed by atoms with van der Waals surface area (Å²) >= 11 is 0. The lowest BCUT2D eigenvalue weighted by molar-refractivity contribution is 0.262. The average Bonchev–Trinajstić information content (AvgIpc) is 2.80. The second-order valence-corrected chi connectivity index (χ2v) is 7.10. The van der Waals surface area contributed by atoms with Gasteiger partial charge in [0.15, 0.2) is 0 Å². The molecule has 5 nitrogen and oxygen atoms in total. The Hall–Kier alpha value is -0.880. The standard InChI is InChI=1S/C14H27N3O2S/c1-7-11(4)17(12(5)8-2)20(18,19)14-10-16(9-3)15-13(14)6/h10-12H,7-9H2,1-6H3. The number of aromatic nitrogens is 2. The third kappa shape index (κ3) is 3.23. The Kier molecular flexibility index (Phi) is 5.77. The highest BCUT2D eigenvalue weighted by Gasteiger charge is 2.34. The first kappa shape index (κ1) is 17.2. The second kappa shape index (κ2) is 6.72. The van der Waals surface area contributed by atoms with Crippen LogP contribution in [-0.2, 0) is 16.6 Å². The molecule has 0 aliphatic carbocycles. The number of aryl methyl sites for hydroxylation is 2. The number of sulfonamides is 1. The molecule has 0 spiro atoms. The third-order valence-electron chi connectivity index (χ3n) is 3.83. The summed E-state index contributed by atoms with van der Waals surface area (Å²) in [4.78, 5) is 0.333. The SMILES string of the molecule is CCC(C)N(C(C)CC)S(=O)(=O)c1cn(CC)nc1C. The zero-order valence-electron chi connectivity index (χ0n) is 13.4. The van der Waals surface area contributed by atoms with Crippen LogP contribution < -0.4 is 0 Å². The van der Waals surface area contributed by atoms with Gasteiger partial charge in [-0.1, -0.05) is 13.8 Å². The highest BCUT2D eigenvalue weighted by atomic mass is 32.2. The quantitative estimate of drug-likeness (QED) is 0.778. The van der Waals surface area contributed by atoms with Crippen LogP contribution in [0.4, 0.5) is 0 Å². The highest BCUT2D eigenvalue weighted by Crippen LogP contribution is 2.25. The Balaban J connectivity index is 3.32. The smallest absolute Gasteiger partial charge is 0.246 e. The number of hydrogen-bond acceptors (Lipinski definition) is 3. The molecule has 0 aliphatic rings. The largest absolute Gasteiger partial charge is 0.271 e. The summed E-state index contributed by atoms with van der Waals surface area (Å²) in [7, 11) is -3.49. The van der Waals surface area contributed by atoms with Crippen LogP contribution in [0.3, 0.4) is 0 Å². The first-order valence-electron chi connectivity index (χ1n) is 7.37. The van der Waals surface area contributed by atoms with Gasteiger partial charge in [-0.25, -0.2) is 8.42 Å². The van der Waals surface area contributed by atoms with Gasteiger partial charge >= 0.3 is 0 Å². The summed E-state index contributed by atoms with van der Waals surface area (Å²) in [5, 5.41) is 4.26. The Labute approximate surface area is 123 Å². The molecular formula is C14H27N3O2S. The molecular weight excluding hydrogens is 274 g/mol. The molecule has 20 heavy (non-hydrogen) atoms. The van der Waals surface area contributed by atoms with Gasteiger partial charge in [-0.2, -0.15) is 9.40 Å². The molecule has 0 radical (unpaired) electrons. The van der Waals surface area contributed by atoms with Crippen LogP contribution in [0.2, 0.25) is 0 Å². The van der Waals surface area contributed by atoms with Crippen LogP contribution in [0.25, 0.3) is 0 Å². The van der Waals surface area contributed by atoms with Crippen LogP contribution in [0.5, 0.6) is 0 Å². The minimum absolute atomic E-state index is 0.0145. The third-order valence-corrected chi connectivity index (χ3v) is 6.06. The van der Waals surface area contributed by atoms with E-state index in [2.05, 4.69) is 5.10 Å². The van der Waals surface area contributed by atoms with Crippen molar-refractivity contribution >= 4 is 10.0 Å². The van der Waals surface area contributed by atoms with E-state index in [0.29, 0.717) is 17.1 Å². The zero-order chi connectivity index (χ0) is 15.5. The minimum atomic E-state index is -3.49. The van der Waals surface area contributed by atoms with Gasteiger partial charge in [-0.15, -0.1) is 0 Å². The van der Waals surface area contributed by atoms with Gasteiger partial charge in [0.1, 0.15) is 4.90 Å². The average molecular weight is 301 g/mol. The van der Waals surface area contributed by atoms with E-state index in [1.54, 1.807) is 22.1 Å². The Morgan fingerprint density at radius 1 is 1.20 bits per heavy atom. The van der Waals surface area contributed by atoms with Crippen molar-refractivity contribution in [3.63, 3.8) is 0 Å². The second-order valence-electron chi connectivity index (χ2n) is 5.28. The molecule has 116 valence electrons. The Morgan fingerprint density at radius 2 is 1.70 bits per heavy atom. The van der Waals surface area contributed by atoms with E-state index in [-0.39, 0.29) is 12.1 Å². The molecule has 6 heteroatoms. The molecule has 0 saturated heterocycles. The molecule has 1 rings (SSSR count). The molecule has 1 aromatic heterocycles. The maximum Gasteiger partial charge on any atom is 0.246 e. The molecule has 0 aliphatic heterocycles. The van der Waals surface area contributed by atoms with Gasteiger partial charge in [-0.3, -0.25) is 4.68 Å². The molecule has 0 fully saturated rings. The predicted octanol–water partition coefficient (Wildman–Crippen LogP) is 2.80. The molecule has 1 heterocycles. The fourth-order valence-electron chi connectivity index (χ4n) is 2.30.